The second-order valence-corrected chi connectivity index (χ2v) is 5.05. The summed E-state index contributed by atoms with van der Waals surface area (Å²) in [7, 11) is 0. The van der Waals surface area contributed by atoms with Crippen LogP contribution in [0.2, 0.25) is 0 Å². The Morgan fingerprint density at radius 1 is 1.25 bits per heavy atom. The van der Waals surface area contributed by atoms with Crippen LogP contribution in [0.5, 0.6) is 0 Å². The van der Waals surface area contributed by atoms with Gasteiger partial charge < -0.3 is 4.90 Å². The molecule has 0 N–H and O–H groups in total. The van der Waals surface area contributed by atoms with Crippen molar-refractivity contribution in [3.63, 3.8) is 0 Å². The van der Waals surface area contributed by atoms with Crippen molar-refractivity contribution >= 4 is 22.6 Å². The van der Waals surface area contributed by atoms with Crippen LogP contribution in [0.3, 0.4) is 0 Å². The molecular weight excluding hydrogens is 264 g/mol. The number of Topliss-reactive ketones (excluding diaryl/α,β-unsaturated/α-hetero) is 1. The van der Waals surface area contributed by atoms with E-state index in [1.165, 1.54) is 6.20 Å². The predicted octanol–water partition coefficient (Wildman–Crippen LogP) is 2.32. The highest BCUT2D eigenvalue weighted by molar-refractivity contribution is 5.83. The van der Waals surface area contributed by atoms with Gasteiger partial charge in [-0.1, -0.05) is 6.92 Å². The zero-order chi connectivity index (χ0) is 14.3. The first kappa shape index (κ1) is 12.9. The minimum atomic E-state index is -0.939. The Morgan fingerprint density at radius 3 is 2.65 bits per heavy atom. The topological polar surface area (TPSA) is 46.1 Å². The van der Waals surface area contributed by atoms with E-state index in [-0.39, 0.29) is 11.7 Å². The molecule has 3 rings (SSSR count). The molecule has 4 nitrogen and oxygen atoms in total. The average Bonchev–Trinajstić information content (AvgIpc) is 2.43. The molecule has 1 fully saturated rings. The van der Waals surface area contributed by atoms with Crippen LogP contribution in [0.1, 0.15) is 13.3 Å². The summed E-state index contributed by atoms with van der Waals surface area (Å²) in [5.74, 6) is -1.10. The van der Waals surface area contributed by atoms with E-state index in [0.717, 1.165) is 12.1 Å². The summed E-state index contributed by atoms with van der Waals surface area (Å²) in [6, 6.07) is 2.07. The monoisotopic (exact) mass is 277 g/mol. The molecule has 0 aliphatic carbocycles. The summed E-state index contributed by atoms with van der Waals surface area (Å²) < 4.78 is 26.3. The van der Waals surface area contributed by atoms with Gasteiger partial charge in [-0.05, 0) is 0 Å². The molecule has 2 aromatic rings. The van der Waals surface area contributed by atoms with Gasteiger partial charge in [-0.3, -0.25) is 9.78 Å². The maximum atomic E-state index is 13.2. The minimum Gasteiger partial charge on any atom is -0.354 e. The number of fused-ring (bicyclic) bond motifs is 1. The predicted molar refractivity (Wildman–Crippen MR) is 70.5 cm³/mol. The SMILES string of the molecule is CC1CN(c2cnc3cc(F)c(F)cc3n2)CCC1=O. The molecule has 0 saturated carbocycles. The molecular formula is C14H13F2N3O. The summed E-state index contributed by atoms with van der Waals surface area (Å²) >= 11 is 0. The van der Waals surface area contributed by atoms with Gasteiger partial charge >= 0.3 is 0 Å². The van der Waals surface area contributed by atoms with Gasteiger partial charge in [-0.2, -0.15) is 0 Å². The number of hydrogen-bond donors (Lipinski definition) is 0. The summed E-state index contributed by atoms with van der Waals surface area (Å²) in [5.41, 5.74) is 0.625. The molecule has 1 aromatic heterocycles. The Hall–Kier alpha value is -2.11. The second kappa shape index (κ2) is 4.77. The van der Waals surface area contributed by atoms with Crippen molar-refractivity contribution in [3.05, 3.63) is 30.0 Å². The molecule has 1 aliphatic rings. The van der Waals surface area contributed by atoms with Crippen molar-refractivity contribution in [1.29, 1.82) is 0 Å². The lowest BCUT2D eigenvalue weighted by Gasteiger charge is -2.30. The number of benzene rings is 1. The molecule has 0 bridgehead atoms. The number of aromatic nitrogens is 2. The molecule has 0 radical (unpaired) electrons. The standard InChI is InChI=1S/C14H13F2N3O/c1-8-7-19(3-2-13(8)20)14-6-17-11-4-9(15)10(16)5-12(11)18-14/h4-6,8H,2-3,7H2,1H3. The second-order valence-electron chi connectivity index (χ2n) is 5.05. The summed E-state index contributed by atoms with van der Waals surface area (Å²) in [5, 5.41) is 0. The number of hydrogen-bond acceptors (Lipinski definition) is 4. The fourth-order valence-electron chi connectivity index (χ4n) is 2.37. The van der Waals surface area contributed by atoms with E-state index in [1.807, 2.05) is 11.8 Å². The van der Waals surface area contributed by atoms with Crippen molar-refractivity contribution < 1.29 is 13.6 Å². The van der Waals surface area contributed by atoms with Crippen molar-refractivity contribution in [1.82, 2.24) is 9.97 Å². The van der Waals surface area contributed by atoms with Crippen molar-refractivity contribution in [3.8, 4) is 0 Å². The number of piperidine rings is 1. The van der Waals surface area contributed by atoms with E-state index in [1.54, 1.807) is 0 Å². The van der Waals surface area contributed by atoms with Crippen LogP contribution in [0.4, 0.5) is 14.6 Å². The first-order valence-electron chi connectivity index (χ1n) is 6.44. The highest BCUT2D eigenvalue weighted by Gasteiger charge is 2.24. The first-order chi connectivity index (χ1) is 9.54. The zero-order valence-electron chi connectivity index (χ0n) is 10.9. The van der Waals surface area contributed by atoms with Crippen molar-refractivity contribution in [2.45, 2.75) is 13.3 Å². The third kappa shape index (κ3) is 2.21. The number of ketones is 1. The Kier molecular flexibility index (Phi) is 3.08. The van der Waals surface area contributed by atoms with E-state index < -0.39 is 11.6 Å². The molecule has 2 heterocycles. The van der Waals surface area contributed by atoms with Crippen LogP contribution >= 0.6 is 0 Å². The molecule has 0 amide bonds. The molecule has 0 spiro atoms. The Morgan fingerprint density at radius 2 is 1.95 bits per heavy atom. The van der Waals surface area contributed by atoms with Crippen LogP contribution in [0, 0.1) is 17.6 Å². The van der Waals surface area contributed by atoms with Gasteiger partial charge in [0.05, 0.1) is 17.2 Å². The molecule has 1 aromatic carbocycles. The van der Waals surface area contributed by atoms with E-state index in [2.05, 4.69) is 9.97 Å². The fourth-order valence-corrected chi connectivity index (χ4v) is 2.37. The Balaban J connectivity index is 1.96. The van der Waals surface area contributed by atoms with Gasteiger partial charge in [-0.15, -0.1) is 0 Å². The minimum absolute atomic E-state index is 0.0498. The largest absolute Gasteiger partial charge is 0.354 e. The van der Waals surface area contributed by atoms with Crippen LogP contribution < -0.4 is 4.90 Å². The van der Waals surface area contributed by atoms with Gasteiger partial charge in [-0.25, -0.2) is 13.8 Å². The van der Waals surface area contributed by atoms with E-state index in [0.29, 0.717) is 36.4 Å². The van der Waals surface area contributed by atoms with Crippen LogP contribution in [0.25, 0.3) is 11.0 Å². The van der Waals surface area contributed by atoms with Crippen LogP contribution in [0.15, 0.2) is 18.3 Å². The highest BCUT2D eigenvalue weighted by Crippen LogP contribution is 2.22. The molecule has 20 heavy (non-hydrogen) atoms. The van der Waals surface area contributed by atoms with E-state index in [4.69, 9.17) is 0 Å². The number of rotatable bonds is 1. The lowest BCUT2D eigenvalue weighted by Crippen LogP contribution is -2.40. The number of halogens is 2. The zero-order valence-corrected chi connectivity index (χ0v) is 10.9. The maximum Gasteiger partial charge on any atom is 0.161 e. The lowest BCUT2D eigenvalue weighted by molar-refractivity contribution is -0.122. The number of carbonyl (C=O) groups excluding carboxylic acids is 1. The van der Waals surface area contributed by atoms with Crippen molar-refractivity contribution in [2.24, 2.45) is 5.92 Å². The molecule has 6 heteroatoms. The summed E-state index contributed by atoms with van der Waals surface area (Å²) in [6.45, 7) is 3.02. The maximum absolute atomic E-state index is 13.2. The number of carbonyl (C=O) groups is 1. The van der Waals surface area contributed by atoms with E-state index in [9.17, 15) is 13.6 Å². The quantitative estimate of drug-likeness (QED) is 0.802. The van der Waals surface area contributed by atoms with Crippen LogP contribution in [-0.4, -0.2) is 28.8 Å². The molecule has 1 atom stereocenters. The first-order valence-corrected chi connectivity index (χ1v) is 6.44. The molecule has 1 aliphatic heterocycles. The third-order valence-electron chi connectivity index (χ3n) is 3.57. The molecule has 104 valence electrons. The van der Waals surface area contributed by atoms with Gasteiger partial charge in [0.2, 0.25) is 0 Å². The van der Waals surface area contributed by atoms with Gasteiger partial charge in [0.15, 0.2) is 11.6 Å². The third-order valence-corrected chi connectivity index (χ3v) is 3.57. The fraction of sp³-hybridized carbons (Fsp3) is 0.357. The molecule has 1 saturated heterocycles. The van der Waals surface area contributed by atoms with E-state index >= 15 is 0 Å². The van der Waals surface area contributed by atoms with Gasteiger partial charge in [0.25, 0.3) is 0 Å². The van der Waals surface area contributed by atoms with Gasteiger partial charge in [0.1, 0.15) is 11.6 Å². The number of nitrogens with zero attached hydrogens (tertiary/aromatic N) is 3. The normalized spacial score (nSPS) is 19.6. The lowest BCUT2D eigenvalue weighted by atomic mass is 9.99. The number of anilines is 1. The highest BCUT2D eigenvalue weighted by atomic mass is 19.2. The smallest absolute Gasteiger partial charge is 0.161 e. The average molecular weight is 277 g/mol. The van der Waals surface area contributed by atoms with Gasteiger partial charge in [0, 0.05) is 37.6 Å². The Bertz CT molecular complexity index is 689. The molecule has 1 unspecified atom stereocenters. The van der Waals surface area contributed by atoms with Crippen molar-refractivity contribution in [2.75, 3.05) is 18.0 Å². The summed E-state index contributed by atoms with van der Waals surface area (Å²) in [6.07, 6.45) is 2.00. The van der Waals surface area contributed by atoms with Crippen LogP contribution in [-0.2, 0) is 4.79 Å². The summed E-state index contributed by atoms with van der Waals surface area (Å²) in [4.78, 5) is 21.9. The Labute approximate surface area is 114 Å².